The summed E-state index contributed by atoms with van der Waals surface area (Å²) in [6.07, 6.45) is 2.64. The van der Waals surface area contributed by atoms with Gasteiger partial charge in [-0.05, 0) is 37.0 Å². The van der Waals surface area contributed by atoms with Gasteiger partial charge in [-0.3, -0.25) is 19.2 Å². The number of fused-ring (bicyclic) bond motifs is 3. The molecule has 0 heterocycles. The van der Waals surface area contributed by atoms with Crippen LogP contribution >= 0.6 is 0 Å². The van der Waals surface area contributed by atoms with Gasteiger partial charge >= 0.3 is 5.97 Å². The number of carbonyl (C=O) groups is 5. The number of rotatable bonds is 6. The fraction of sp³-hybridized carbons (Fsp3) is 0.783. The molecule has 0 aromatic heterocycles. The predicted octanol–water partition coefficient (Wildman–Crippen LogP) is 2.55. The quantitative estimate of drug-likeness (QED) is 0.683. The van der Waals surface area contributed by atoms with Crippen molar-refractivity contribution in [3.63, 3.8) is 0 Å². The second-order valence-electron chi connectivity index (χ2n) is 10.3. The Labute approximate surface area is 177 Å². The van der Waals surface area contributed by atoms with E-state index in [1.54, 1.807) is 20.8 Å². The van der Waals surface area contributed by atoms with E-state index < -0.39 is 34.7 Å². The maximum atomic E-state index is 13.2. The SMILES string of the molecule is CC(C)C(NC(=O)CCC1(C)C(=O)CCC2C3CCC(=O)C3(C)CC(=O)C21)C(=O)O. The Morgan fingerprint density at radius 2 is 1.73 bits per heavy atom. The standard InChI is InChI=1S/C23H33NO6/c1-12(2)20(21(29)30)24-18(28)9-10-22(3)16(26)7-5-13-14-6-8-17(27)23(14,4)11-15(25)19(13)22/h12-14,19-20H,5-11H2,1-4H3,(H,24,28)(H,29,30). The monoisotopic (exact) mass is 419 g/mol. The van der Waals surface area contributed by atoms with Gasteiger partial charge in [0, 0.05) is 42.4 Å². The fourth-order valence-electron chi connectivity index (χ4n) is 6.34. The molecule has 3 rings (SSSR count). The van der Waals surface area contributed by atoms with E-state index in [0.29, 0.717) is 19.3 Å². The summed E-state index contributed by atoms with van der Waals surface area (Å²) in [6.45, 7) is 7.13. The molecule has 166 valence electrons. The fourth-order valence-corrected chi connectivity index (χ4v) is 6.34. The highest BCUT2D eigenvalue weighted by Gasteiger charge is 2.62. The van der Waals surface area contributed by atoms with Gasteiger partial charge in [0.15, 0.2) is 0 Å². The van der Waals surface area contributed by atoms with Crippen molar-refractivity contribution in [3.05, 3.63) is 0 Å². The van der Waals surface area contributed by atoms with E-state index in [0.717, 1.165) is 6.42 Å². The molecule has 3 fully saturated rings. The molecule has 6 atom stereocenters. The number of aliphatic carboxylic acids is 1. The van der Waals surface area contributed by atoms with E-state index in [4.69, 9.17) is 0 Å². The van der Waals surface area contributed by atoms with Gasteiger partial charge in [0.25, 0.3) is 0 Å². The van der Waals surface area contributed by atoms with Crippen LogP contribution in [-0.2, 0) is 24.0 Å². The van der Waals surface area contributed by atoms with Crippen molar-refractivity contribution in [2.45, 2.75) is 78.7 Å². The highest BCUT2D eigenvalue weighted by Crippen LogP contribution is 2.60. The van der Waals surface area contributed by atoms with Crippen molar-refractivity contribution in [1.29, 1.82) is 0 Å². The molecule has 0 aromatic carbocycles. The van der Waals surface area contributed by atoms with E-state index in [1.807, 2.05) is 6.92 Å². The predicted molar refractivity (Wildman–Crippen MR) is 108 cm³/mol. The largest absolute Gasteiger partial charge is 0.480 e. The van der Waals surface area contributed by atoms with Crippen molar-refractivity contribution >= 4 is 29.2 Å². The minimum Gasteiger partial charge on any atom is -0.480 e. The van der Waals surface area contributed by atoms with E-state index in [9.17, 15) is 29.1 Å². The van der Waals surface area contributed by atoms with Crippen molar-refractivity contribution in [2.75, 3.05) is 0 Å². The zero-order valence-electron chi connectivity index (χ0n) is 18.3. The van der Waals surface area contributed by atoms with Crippen LogP contribution in [-0.4, -0.2) is 40.4 Å². The number of hydrogen-bond donors (Lipinski definition) is 2. The van der Waals surface area contributed by atoms with E-state index in [2.05, 4.69) is 5.32 Å². The number of hydrogen-bond acceptors (Lipinski definition) is 5. The average molecular weight is 420 g/mol. The van der Waals surface area contributed by atoms with Crippen LogP contribution in [0.2, 0.25) is 0 Å². The summed E-state index contributed by atoms with van der Waals surface area (Å²) in [6, 6.07) is -0.985. The molecule has 2 N–H and O–H groups in total. The van der Waals surface area contributed by atoms with E-state index in [1.165, 1.54) is 0 Å². The summed E-state index contributed by atoms with van der Waals surface area (Å²) in [5.41, 5.74) is -1.55. The Morgan fingerprint density at radius 1 is 1.10 bits per heavy atom. The van der Waals surface area contributed by atoms with E-state index >= 15 is 0 Å². The van der Waals surface area contributed by atoms with Gasteiger partial charge in [0.1, 0.15) is 23.4 Å². The van der Waals surface area contributed by atoms with Crippen LogP contribution in [0.3, 0.4) is 0 Å². The normalized spacial score (nSPS) is 37.0. The Hall–Kier alpha value is -2.05. The molecule has 6 unspecified atom stereocenters. The molecular formula is C23H33NO6. The number of amides is 1. The molecule has 7 nitrogen and oxygen atoms in total. The number of carboxylic acid groups (broad SMARTS) is 1. The molecule has 1 amide bonds. The number of carboxylic acids is 1. The zero-order valence-corrected chi connectivity index (χ0v) is 18.3. The van der Waals surface area contributed by atoms with Gasteiger partial charge in [-0.1, -0.05) is 27.7 Å². The van der Waals surface area contributed by atoms with Crippen molar-refractivity contribution in [3.8, 4) is 0 Å². The molecule has 3 aliphatic rings. The summed E-state index contributed by atoms with van der Waals surface area (Å²) < 4.78 is 0. The number of ketones is 3. The third kappa shape index (κ3) is 3.60. The second kappa shape index (κ2) is 7.89. The smallest absolute Gasteiger partial charge is 0.326 e. The van der Waals surface area contributed by atoms with Crippen LogP contribution in [0, 0.1) is 34.5 Å². The van der Waals surface area contributed by atoms with E-state index in [-0.39, 0.29) is 54.4 Å². The maximum Gasteiger partial charge on any atom is 0.326 e. The molecule has 0 radical (unpaired) electrons. The van der Waals surface area contributed by atoms with Crippen molar-refractivity contribution in [1.82, 2.24) is 5.32 Å². The maximum absolute atomic E-state index is 13.2. The zero-order chi connectivity index (χ0) is 22.4. The first kappa shape index (κ1) is 22.6. The van der Waals surface area contributed by atoms with Crippen LogP contribution in [0.1, 0.15) is 72.6 Å². The van der Waals surface area contributed by atoms with Crippen LogP contribution in [0.4, 0.5) is 0 Å². The number of nitrogens with one attached hydrogen (secondary N) is 1. The lowest BCUT2D eigenvalue weighted by atomic mass is 9.48. The molecule has 3 saturated carbocycles. The highest BCUT2D eigenvalue weighted by atomic mass is 16.4. The topological polar surface area (TPSA) is 118 Å². The molecule has 3 aliphatic carbocycles. The highest BCUT2D eigenvalue weighted by molar-refractivity contribution is 5.99. The molecule has 0 saturated heterocycles. The van der Waals surface area contributed by atoms with Gasteiger partial charge in [0.05, 0.1) is 0 Å². The van der Waals surface area contributed by atoms with Gasteiger partial charge in [-0.15, -0.1) is 0 Å². The number of Topliss-reactive ketones (excluding diaryl/α,β-unsaturated/α-hetero) is 3. The van der Waals surface area contributed by atoms with Crippen LogP contribution in [0.15, 0.2) is 0 Å². The minimum absolute atomic E-state index is 0.00327. The molecular weight excluding hydrogens is 386 g/mol. The molecule has 30 heavy (non-hydrogen) atoms. The van der Waals surface area contributed by atoms with Crippen LogP contribution in [0.25, 0.3) is 0 Å². The minimum atomic E-state index is -1.09. The summed E-state index contributed by atoms with van der Waals surface area (Å²) in [5, 5.41) is 11.8. The molecule has 0 bridgehead atoms. The lowest BCUT2D eigenvalue weighted by molar-refractivity contribution is -0.160. The summed E-state index contributed by atoms with van der Waals surface area (Å²) in [7, 11) is 0. The first-order valence-electron chi connectivity index (χ1n) is 11.0. The lowest BCUT2D eigenvalue weighted by Gasteiger charge is -2.53. The Kier molecular flexibility index (Phi) is 5.95. The second-order valence-corrected chi connectivity index (χ2v) is 10.3. The molecule has 0 aromatic rings. The molecule has 7 heteroatoms. The third-order valence-electron chi connectivity index (χ3n) is 8.12. The molecule has 0 aliphatic heterocycles. The summed E-state index contributed by atoms with van der Waals surface area (Å²) in [5.74, 6) is -2.00. The first-order chi connectivity index (χ1) is 13.9. The van der Waals surface area contributed by atoms with Crippen LogP contribution in [0.5, 0.6) is 0 Å². The first-order valence-corrected chi connectivity index (χ1v) is 11.0. The Morgan fingerprint density at radius 3 is 2.33 bits per heavy atom. The Bertz CT molecular complexity index is 789. The van der Waals surface area contributed by atoms with Gasteiger partial charge in [0.2, 0.25) is 5.91 Å². The van der Waals surface area contributed by atoms with Gasteiger partial charge in [-0.25, -0.2) is 4.79 Å². The van der Waals surface area contributed by atoms with Crippen molar-refractivity contribution in [2.24, 2.45) is 34.5 Å². The summed E-state index contributed by atoms with van der Waals surface area (Å²) in [4.78, 5) is 62.5. The van der Waals surface area contributed by atoms with Crippen molar-refractivity contribution < 1.29 is 29.1 Å². The lowest BCUT2D eigenvalue weighted by Crippen LogP contribution is -2.56. The third-order valence-corrected chi connectivity index (χ3v) is 8.12. The van der Waals surface area contributed by atoms with Crippen LogP contribution < -0.4 is 5.32 Å². The summed E-state index contributed by atoms with van der Waals surface area (Å²) >= 11 is 0. The molecule has 0 spiro atoms. The van der Waals surface area contributed by atoms with Gasteiger partial charge < -0.3 is 10.4 Å². The number of carbonyl (C=O) groups excluding carboxylic acids is 4. The van der Waals surface area contributed by atoms with Gasteiger partial charge in [-0.2, -0.15) is 0 Å². The average Bonchev–Trinajstić information content (AvgIpc) is 2.94. The Balaban J connectivity index is 1.78.